The molecule has 3 heterocycles. The fourth-order valence-electron chi connectivity index (χ4n) is 7.80. The number of sulfonamides is 1. The molecule has 2 fully saturated rings. The van der Waals surface area contributed by atoms with Crippen molar-refractivity contribution in [3.63, 3.8) is 0 Å². The number of hydrogen-bond acceptors (Lipinski definition) is 8. The number of aromatic nitrogens is 1. The molecule has 5 atom stereocenters. The van der Waals surface area contributed by atoms with E-state index in [1.807, 2.05) is 36.4 Å². The Labute approximate surface area is 287 Å². The van der Waals surface area contributed by atoms with E-state index in [0.717, 1.165) is 48.9 Å². The van der Waals surface area contributed by atoms with Crippen molar-refractivity contribution in [3.05, 3.63) is 94.2 Å². The summed E-state index contributed by atoms with van der Waals surface area (Å²) in [5.41, 5.74) is 2.39. The fraction of sp³-hybridized carbons (Fsp3) is 0.459. The molecule has 2 aromatic carbocycles. The van der Waals surface area contributed by atoms with Gasteiger partial charge in [0.15, 0.2) is 0 Å². The second kappa shape index (κ2) is 12.7. The van der Waals surface area contributed by atoms with Gasteiger partial charge in [0, 0.05) is 41.4 Å². The third kappa shape index (κ3) is 5.96. The largest absolute Gasteiger partial charge is 0.487 e. The summed E-state index contributed by atoms with van der Waals surface area (Å²) in [5.74, 6) is 0.0847. The molecule has 2 aliphatic carbocycles. The Bertz CT molecular complexity index is 1870. The second-order valence-corrected chi connectivity index (χ2v) is 16.5. The molecule has 0 unspecified atom stereocenters. The van der Waals surface area contributed by atoms with E-state index in [0.29, 0.717) is 54.8 Å². The van der Waals surface area contributed by atoms with Gasteiger partial charge < -0.3 is 19.5 Å². The van der Waals surface area contributed by atoms with Gasteiger partial charge in [-0.15, -0.1) is 0 Å². The van der Waals surface area contributed by atoms with Crippen molar-refractivity contribution < 1.29 is 27.8 Å². The first kappa shape index (κ1) is 32.9. The van der Waals surface area contributed by atoms with Gasteiger partial charge in [0.05, 0.1) is 17.5 Å². The maximum Gasteiger partial charge on any atom is 0.264 e. The number of benzene rings is 2. The Kier molecular flexibility index (Phi) is 8.71. The average Bonchev–Trinajstić information content (AvgIpc) is 3.74. The Hall–Kier alpha value is -3.60. The highest BCUT2D eigenvalue weighted by Gasteiger charge is 2.60. The highest BCUT2D eigenvalue weighted by Crippen LogP contribution is 2.53. The predicted octanol–water partition coefficient (Wildman–Crippen LogP) is 6.18. The number of methoxy groups -OCH3 is 1. The number of nitrogens with zero attached hydrogens (tertiary/aromatic N) is 2. The number of anilines is 1. The number of nitrogens with one attached hydrogen (secondary N) is 1. The standard InChI is InChI=1S/C37H42ClN3O6S/c1-36-21-28(36)8-5-16-37(43,31-9-6-17-39-35(31)46-2)30-14-11-26(30)22-41-18-4-3-7-24-19-29(38)13-10-27(24)23-47-33-15-12-25(20-32(33)41)34(42)40-48(36,44)45/h5-6,9-10,12-13,15-17,19-20,26,28,30,43H,3-4,7-8,11,14,18,21-23H2,1-2H3,(H,40,42)/b16-5+/t26-,28+,30+,36+,37+/m0/s1. The van der Waals surface area contributed by atoms with Crippen molar-refractivity contribution in [2.24, 2.45) is 17.8 Å². The first-order valence-corrected chi connectivity index (χ1v) is 18.6. The molecule has 254 valence electrons. The van der Waals surface area contributed by atoms with Gasteiger partial charge in [-0.1, -0.05) is 29.8 Å². The smallest absolute Gasteiger partial charge is 0.264 e. The summed E-state index contributed by atoms with van der Waals surface area (Å²) in [6.45, 7) is 3.30. The Morgan fingerprint density at radius 1 is 1.12 bits per heavy atom. The molecule has 4 aliphatic rings. The normalized spacial score (nSPS) is 30.5. The lowest BCUT2D eigenvalue weighted by Crippen LogP contribution is -2.48. The zero-order valence-corrected chi connectivity index (χ0v) is 28.9. The molecule has 0 saturated heterocycles. The molecule has 2 aliphatic heterocycles. The lowest BCUT2D eigenvalue weighted by atomic mass is 9.62. The minimum Gasteiger partial charge on any atom is -0.487 e. The van der Waals surface area contributed by atoms with Crippen LogP contribution < -0.4 is 19.1 Å². The molecular weight excluding hydrogens is 650 g/mol. The van der Waals surface area contributed by atoms with E-state index in [9.17, 15) is 18.3 Å². The van der Waals surface area contributed by atoms with Crippen LogP contribution >= 0.6 is 11.6 Å². The summed E-state index contributed by atoms with van der Waals surface area (Å²) >= 11 is 6.36. The Morgan fingerprint density at radius 2 is 1.98 bits per heavy atom. The summed E-state index contributed by atoms with van der Waals surface area (Å²) in [7, 11) is -2.44. The number of amides is 1. The monoisotopic (exact) mass is 691 g/mol. The first-order chi connectivity index (χ1) is 23.0. The van der Waals surface area contributed by atoms with E-state index >= 15 is 0 Å². The molecule has 48 heavy (non-hydrogen) atoms. The summed E-state index contributed by atoms with van der Waals surface area (Å²) in [6, 6.07) is 14.7. The number of hydrogen-bond donors (Lipinski definition) is 2. The quantitative estimate of drug-likeness (QED) is 0.306. The van der Waals surface area contributed by atoms with Crippen molar-refractivity contribution in [2.75, 3.05) is 25.1 Å². The van der Waals surface area contributed by atoms with E-state index in [-0.39, 0.29) is 23.3 Å². The van der Waals surface area contributed by atoms with Crippen LogP contribution in [0.3, 0.4) is 0 Å². The van der Waals surface area contributed by atoms with Crippen LogP contribution in [-0.4, -0.2) is 49.4 Å². The minimum absolute atomic E-state index is 0.107. The number of carbonyl (C=O) groups is 1. The lowest BCUT2D eigenvalue weighted by Gasteiger charge is -2.48. The minimum atomic E-state index is -3.99. The summed E-state index contributed by atoms with van der Waals surface area (Å²) in [4.78, 5) is 20.2. The number of ether oxygens (including phenoxy) is 2. The molecule has 2 saturated carbocycles. The van der Waals surface area contributed by atoms with Gasteiger partial charge in [0.25, 0.3) is 5.91 Å². The van der Waals surface area contributed by atoms with Crippen molar-refractivity contribution >= 4 is 33.2 Å². The Balaban J connectivity index is 1.32. The van der Waals surface area contributed by atoms with Crippen LogP contribution in [0.5, 0.6) is 11.6 Å². The van der Waals surface area contributed by atoms with Gasteiger partial charge in [-0.25, -0.2) is 18.1 Å². The molecule has 3 aromatic rings. The fourth-order valence-corrected chi connectivity index (χ4v) is 9.55. The highest BCUT2D eigenvalue weighted by molar-refractivity contribution is 7.91. The molecule has 0 spiro atoms. The van der Waals surface area contributed by atoms with Gasteiger partial charge in [0.1, 0.15) is 18.0 Å². The van der Waals surface area contributed by atoms with E-state index in [1.54, 1.807) is 44.5 Å². The third-order valence-electron chi connectivity index (χ3n) is 11.1. The van der Waals surface area contributed by atoms with Crippen LogP contribution in [0.4, 0.5) is 5.69 Å². The third-order valence-corrected chi connectivity index (χ3v) is 13.5. The zero-order chi connectivity index (χ0) is 33.7. The predicted molar refractivity (Wildman–Crippen MR) is 185 cm³/mol. The average molecular weight is 692 g/mol. The summed E-state index contributed by atoms with van der Waals surface area (Å²) in [5, 5.41) is 13.3. The number of aliphatic hydroxyl groups is 1. The van der Waals surface area contributed by atoms with Gasteiger partial charge in [-0.05, 0) is 117 Å². The van der Waals surface area contributed by atoms with Gasteiger partial charge in [0.2, 0.25) is 15.9 Å². The van der Waals surface area contributed by atoms with Crippen molar-refractivity contribution in [3.8, 4) is 11.6 Å². The van der Waals surface area contributed by atoms with E-state index in [1.165, 1.54) is 0 Å². The molecule has 11 heteroatoms. The van der Waals surface area contributed by atoms with Crippen molar-refractivity contribution in [2.45, 2.75) is 68.8 Å². The van der Waals surface area contributed by atoms with Gasteiger partial charge >= 0.3 is 0 Å². The van der Waals surface area contributed by atoms with Gasteiger partial charge in [-0.2, -0.15) is 0 Å². The van der Waals surface area contributed by atoms with Crippen LogP contribution in [-0.2, 0) is 28.7 Å². The molecule has 1 amide bonds. The van der Waals surface area contributed by atoms with Gasteiger partial charge in [-0.3, -0.25) is 4.79 Å². The van der Waals surface area contributed by atoms with Crippen LogP contribution in [0.2, 0.25) is 5.02 Å². The van der Waals surface area contributed by atoms with E-state index in [4.69, 9.17) is 21.1 Å². The molecule has 2 bridgehead atoms. The van der Waals surface area contributed by atoms with Crippen molar-refractivity contribution in [1.29, 1.82) is 0 Å². The number of fused-ring (bicyclic) bond motifs is 4. The topological polar surface area (TPSA) is 118 Å². The second-order valence-electron chi connectivity index (χ2n) is 13.9. The number of carbonyl (C=O) groups excluding carboxylic acids is 1. The molecular formula is C37H42ClN3O6S. The number of pyridine rings is 1. The first-order valence-electron chi connectivity index (χ1n) is 16.8. The van der Waals surface area contributed by atoms with E-state index in [2.05, 4.69) is 14.6 Å². The Morgan fingerprint density at radius 3 is 2.77 bits per heavy atom. The van der Waals surface area contributed by atoms with E-state index < -0.39 is 26.3 Å². The SMILES string of the molecule is COc1ncccc1[C@@]1(O)/C=C/C[C@@H]2C[C@@]2(C)S(=O)(=O)NC(=O)c2ccc3c(c2)N(CCCCc2cc(Cl)ccc2CO3)C[C@@H]2CC[C@H]21. The molecule has 9 nitrogen and oxygen atoms in total. The molecule has 2 N–H and O–H groups in total. The maximum atomic E-state index is 13.6. The lowest BCUT2D eigenvalue weighted by molar-refractivity contribution is -0.0514. The van der Waals surface area contributed by atoms with Crippen LogP contribution in [0, 0.1) is 17.8 Å². The molecule has 1 aromatic heterocycles. The van der Waals surface area contributed by atoms with Crippen LogP contribution in [0.15, 0.2) is 66.9 Å². The number of halogens is 1. The zero-order valence-electron chi connectivity index (χ0n) is 27.3. The number of rotatable bonds is 2. The molecule has 0 radical (unpaired) electrons. The summed E-state index contributed by atoms with van der Waals surface area (Å²) < 4.78 is 40.5. The number of allylic oxidation sites excluding steroid dienone is 1. The summed E-state index contributed by atoms with van der Waals surface area (Å²) in [6.07, 6.45) is 10.6. The highest BCUT2D eigenvalue weighted by atomic mass is 35.5. The maximum absolute atomic E-state index is 13.6. The van der Waals surface area contributed by atoms with Crippen LogP contribution in [0.1, 0.15) is 72.5 Å². The van der Waals surface area contributed by atoms with Crippen molar-refractivity contribution in [1.82, 2.24) is 9.71 Å². The molecule has 7 rings (SSSR count). The van der Waals surface area contributed by atoms with Crippen LogP contribution in [0.25, 0.3) is 0 Å². The number of aryl methyl sites for hydroxylation is 1.